The maximum atomic E-state index is 13.8. The number of nitrogens with zero attached hydrogens (tertiary/aromatic N) is 1. The Bertz CT molecular complexity index is 352. The van der Waals surface area contributed by atoms with E-state index in [4.69, 9.17) is 4.74 Å². The Labute approximate surface area is 93.8 Å². The van der Waals surface area contributed by atoms with Gasteiger partial charge in [-0.25, -0.2) is 8.78 Å². The van der Waals surface area contributed by atoms with Gasteiger partial charge in [-0.1, -0.05) is 6.92 Å². The molecule has 2 nitrogen and oxygen atoms in total. The Morgan fingerprint density at radius 2 is 1.75 bits per heavy atom. The fourth-order valence-electron chi connectivity index (χ4n) is 1.91. The van der Waals surface area contributed by atoms with E-state index >= 15 is 0 Å². The molecule has 1 aliphatic rings. The van der Waals surface area contributed by atoms with Crippen LogP contribution >= 0.6 is 0 Å². The van der Waals surface area contributed by atoms with Crippen LogP contribution in [0.1, 0.15) is 12.5 Å². The lowest BCUT2D eigenvalue weighted by Gasteiger charge is -2.29. The molecule has 0 amide bonds. The molecule has 0 unspecified atom stereocenters. The molecule has 1 aromatic rings. The maximum Gasteiger partial charge on any atom is 0.149 e. The van der Waals surface area contributed by atoms with Crippen molar-refractivity contribution in [1.82, 2.24) is 0 Å². The number of hydrogen-bond donors (Lipinski definition) is 0. The molecule has 1 saturated heterocycles. The summed E-state index contributed by atoms with van der Waals surface area (Å²) < 4.78 is 32.7. The predicted molar refractivity (Wildman–Crippen MR) is 58.8 cm³/mol. The molecule has 0 atom stereocenters. The van der Waals surface area contributed by atoms with E-state index < -0.39 is 11.6 Å². The second-order valence-corrected chi connectivity index (χ2v) is 3.86. The molecule has 0 N–H and O–H groups in total. The van der Waals surface area contributed by atoms with Crippen LogP contribution < -0.4 is 4.90 Å². The molecule has 0 aliphatic carbocycles. The average Bonchev–Trinajstić information content (AvgIpc) is 2.29. The van der Waals surface area contributed by atoms with Crippen LogP contribution in [0.2, 0.25) is 0 Å². The van der Waals surface area contributed by atoms with Gasteiger partial charge in [0.15, 0.2) is 0 Å². The van der Waals surface area contributed by atoms with Gasteiger partial charge in [0, 0.05) is 13.1 Å². The summed E-state index contributed by atoms with van der Waals surface area (Å²) in [6, 6.07) is 2.82. The standard InChI is InChI=1S/C12H15F2NO/c1-2-9-7-10(13)12(11(14)8-9)15-3-5-16-6-4-15/h7-8H,2-6H2,1H3. The number of benzene rings is 1. The van der Waals surface area contributed by atoms with E-state index in [1.165, 1.54) is 12.1 Å². The molecule has 0 saturated carbocycles. The number of hydrogen-bond acceptors (Lipinski definition) is 2. The minimum atomic E-state index is -0.473. The first-order chi connectivity index (χ1) is 7.72. The average molecular weight is 227 g/mol. The third-order valence-electron chi connectivity index (χ3n) is 2.81. The number of aryl methyl sites for hydroxylation is 1. The van der Waals surface area contributed by atoms with Crippen molar-refractivity contribution < 1.29 is 13.5 Å². The Hall–Kier alpha value is -1.16. The zero-order valence-electron chi connectivity index (χ0n) is 9.30. The van der Waals surface area contributed by atoms with Gasteiger partial charge in [0.05, 0.1) is 13.2 Å². The van der Waals surface area contributed by atoms with Gasteiger partial charge >= 0.3 is 0 Å². The summed E-state index contributed by atoms with van der Waals surface area (Å²) in [6.07, 6.45) is 0.636. The van der Waals surface area contributed by atoms with Gasteiger partial charge in [0.2, 0.25) is 0 Å². The molecular weight excluding hydrogens is 212 g/mol. The Balaban J connectivity index is 2.32. The lowest BCUT2D eigenvalue weighted by atomic mass is 10.1. The third-order valence-corrected chi connectivity index (χ3v) is 2.81. The van der Waals surface area contributed by atoms with Gasteiger partial charge in [-0.2, -0.15) is 0 Å². The fraction of sp³-hybridized carbons (Fsp3) is 0.500. The molecule has 0 spiro atoms. The van der Waals surface area contributed by atoms with Crippen molar-refractivity contribution in [3.8, 4) is 0 Å². The first-order valence-corrected chi connectivity index (χ1v) is 5.53. The van der Waals surface area contributed by atoms with E-state index in [-0.39, 0.29) is 5.69 Å². The summed E-state index contributed by atoms with van der Waals surface area (Å²) in [4.78, 5) is 1.70. The van der Waals surface area contributed by atoms with Crippen LogP contribution in [0.15, 0.2) is 12.1 Å². The van der Waals surface area contributed by atoms with Gasteiger partial charge in [-0.05, 0) is 24.1 Å². The number of rotatable bonds is 2. The van der Waals surface area contributed by atoms with E-state index in [0.29, 0.717) is 38.3 Å². The van der Waals surface area contributed by atoms with Gasteiger partial charge in [-0.15, -0.1) is 0 Å². The Morgan fingerprint density at radius 3 is 2.25 bits per heavy atom. The molecule has 0 aromatic heterocycles. The maximum absolute atomic E-state index is 13.8. The van der Waals surface area contributed by atoms with E-state index in [1.807, 2.05) is 6.92 Å². The predicted octanol–water partition coefficient (Wildman–Crippen LogP) is 2.36. The molecule has 0 bridgehead atoms. The number of morpholine rings is 1. The van der Waals surface area contributed by atoms with Gasteiger partial charge in [0.1, 0.15) is 17.3 Å². The summed E-state index contributed by atoms with van der Waals surface area (Å²) in [7, 11) is 0. The summed E-state index contributed by atoms with van der Waals surface area (Å²) in [5.74, 6) is -0.947. The normalized spacial score (nSPS) is 16.6. The quantitative estimate of drug-likeness (QED) is 0.769. The molecule has 1 fully saturated rings. The first kappa shape index (κ1) is 11.3. The van der Waals surface area contributed by atoms with Crippen molar-refractivity contribution >= 4 is 5.69 Å². The molecule has 16 heavy (non-hydrogen) atoms. The molecule has 0 radical (unpaired) electrons. The van der Waals surface area contributed by atoms with Crippen molar-refractivity contribution in [2.45, 2.75) is 13.3 Å². The molecule has 1 heterocycles. The molecule has 1 aromatic carbocycles. The van der Waals surface area contributed by atoms with Gasteiger partial charge in [-0.3, -0.25) is 0 Å². The molecule has 88 valence electrons. The van der Waals surface area contributed by atoms with Crippen LogP contribution in [0.25, 0.3) is 0 Å². The second kappa shape index (κ2) is 4.78. The largest absolute Gasteiger partial charge is 0.378 e. The van der Waals surface area contributed by atoms with Crippen molar-refractivity contribution in [1.29, 1.82) is 0 Å². The molecule has 1 aliphatic heterocycles. The van der Waals surface area contributed by atoms with E-state index in [9.17, 15) is 8.78 Å². The highest BCUT2D eigenvalue weighted by Crippen LogP contribution is 2.25. The van der Waals surface area contributed by atoms with E-state index in [1.54, 1.807) is 4.90 Å². The van der Waals surface area contributed by atoms with Gasteiger partial charge in [0.25, 0.3) is 0 Å². The molecule has 2 rings (SSSR count). The van der Waals surface area contributed by atoms with Gasteiger partial charge < -0.3 is 9.64 Å². The number of halogens is 2. The minimum Gasteiger partial charge on any atom is -0.378 e. The van der Waals surface area contributed by atoms with Crippen molar-refractivity contribution in [2.24, 2.45) is 0 Å². The monoisotopic (exact) mass is 227 g/mol. The zero-order valence-corrected chi connectivity index (χ0v) is 9.30. The van der Waals surface area contributed by atoms with Crippen LogP contribution in [0.3, 0.4) is 0 Å². The van der Waals surface area contributed by atoms with Crippen LogP contribution in [-0.4, -0.2) is 26.3 Å². The summed E-state index contributed by atoms with van der Waals surface area (Å²) in [5.41, 5.74) is 0.771. The highest BCUT2D eigenvalue weighted by Gasteiger charge is 2.19. The lowest BCUT2D eigenvalue weighted by Crippen LogP contribution is -2.37. The van der Waals surface area contributed by atoms with Crippen LogP contribution in [0.5, 0.6) is 0 Å². The Morgan fingerprint density at radius 1 is 1.19 bits per heavy atom. The summed E-state index contributed by atoms with van der Waals surface area (Å²) in [6.45, 7) is 4.00. The molecule has 4 heteroatoms. The second-order valence-electron chi connectivity index (χ2n) is 3.86. The lowest BCUT2D eigenvalue weighted by molar-refractivity contribution is 0.122. The topological polar surface area (TPSA) is 12.5 Å². The van der Waals surface area contributed by atoms with Crippen molar-refractivity contribution in [3.05, 3.63) is 29.3 Å². The van der Waals surface area contributed by atoms with Crippen LogP contribution in [-0.2, 0) is 11.2 Å². The fourth-order valence-corrected chi connectivity index (χ4v) is 1.91. The number of ether oxygens (including phenoxy) is 1. The van der Waals surface area contributed by atoms with E-state index in [2.05, 4.69) is 0 Å². The highest BCUT2D eigenvalue weighted by atomic mass is 19.1. The number of anilines is 1. The summed E-state index contributed by atoms with van der Waals surface area (Å²) >= 11 is 0. The Kier molecular flexibility index (Phi) is 3.39. The van der Waals surface area contributed by atoms with E-state index in [0.717, 1.165) is 0 Å². The van der Waals surface area contributed by atoms with Crippen molar-refractivity contribution in [3.63, 3.8) is 0 Å². The van der Waals surface area contributed by atoms with Crippen LogP contribution in [0, 0.1) is 11.6 Å². The third kappa shape index (κ3) is 2.16. The first-order valence-electron chi connectivity index (χ1n) is 5.53. The van der Waals surface area contributed by atoms with Crippen LogP contribution in [0.4, 0.5) is 14.5 Å². The minimum absolute atomic E-state index is 0.0838. The smallest absolute Gasteiger partial charge is 0.149 e. The summed E-state index contributed by atoms with van der Waals surface area (Å²) in [5, 5.41) is 0. The molecular formula is C12H15F2NO. The SMILES string of the molecule is CCc1cc(F)c(N2CCOCC2)c(F)c1. The zero-order chi connectivity index (χ0) is 11.5. The van der Waals surface area contributed by atoms with Crippen molar-refractivity contribution in [2.75, 3.05) is 31.2 Å². The highest BCUT2D eigenvalue weighted by molar-refractivity contribution is 5.51.